The van der Waals surface area contributed by atoms with Crippen LogP contribution < -0.4 is 11.5 Å². The molecule has 0 aliphatic carbocycles. The zero-order valence-corrected chi connectivity index (χ0v) is 6.54. The minimum atomic E-state index is 0.162. The third-order valence-corrected chi connectivity index (χ3v) is 1.44. The molecule has 3 heteroatoms. The van der Waals surface area contributed by atoms with Crippen molar-refractivity contribution in [1.29, 1.82) is 0 Å². The topological polar surface area (TPSA) is 64.4 Å². The van der Waals surface area contributed by atoms with Crippen molar-refractivity contribution in [3.8, 4) is 0 Å². The molecule has 3 nitrogen and oxygen atoms in total. The van der Waals surface area contributed by atoms with Gasteiger partial charge < -0.3 is 11.5 Å². The van der Waals surface area contributed by atoms with Gasteiger partial charge in [0.1, 0.15) is 0 Å². The molecule has 4 N–H and O–H groups in total. The van der Waals surface area contributed by atoms with Crippen LogP contribution >= 0.6 is 0 Å². The van der Waals surface area contributed by atoms with Gasteiger partial charge in [-0.2, -0.15) is 0 Å². The van der Waals surface area contributed by atoms with Crippen LogP contribution in [0.15, 0.2) is 16.8 Å². The van der Waals surface area contributed by atoms with E-state index in [4.69, 9.17) is 11.5 Å². The predicted octanol–water partition coefficient (Wildman–Crippen LogP) is 0.615. The standard InChI is InChI=1S/C7H15N3/c1-3-7(10-5-9)6(2)4-8/h4-5,7H,3,8H2,1-2H3,(H2,9,10)/b6-4+. The van der Waals surface area contributed by atoms with Crippen LogP contribution in [0.1, 0.15) is 20.3 Å². The molecule has 0 heterocycles. The molecule has 0 fully saturated rings. The van der Waals surface area contributed by atoms with Crippen LogP contribution in [0.5, 0.6) is 0 Å². The lowest BCUT2D eigenvalue weighted by Crippen LogP contribution is -2.08. The van der Waals surface area contributed by atoms with E-state index in [0.717, 1.165) is 12.0 Å². The second-order valence-electron chi connectivity index (χ2n) is 2.13. The summed E-state index contributed by atoms with van der Waals surface area (Å²) < 4.78 is 0. The highest BCUT2D eigenvalue weighted by atomic mass is 14.8. The van der Waals surface area contributed by atoms with E-state index >= 15 is 0 Å². The van der Waals surface area contributed by atoms with E-state index in [1.54, 1.807) is 6.20 Å². The zero-order valence-electron chi connectivity index (χ0n) is 6.54. The quantitative estimate of drug-likeness (QED) is 0.447. The van der Waals surface area contributed by atoms with Crippen LogP contribution in [-0.4, -0.2) is 12.4 Å². The summed E-state index contributed by atoms with van der Waals surface area (Å²) in [7, 11) is 0. The maximum Gasteiger partial charge on any atom is 0.0805 e. The van der Waals surface area contributed by atoms with E-state index in [-0.39, 0.29) is 6.04 Å². The maximum absolute atomic E-state index is 5.30. The molecule has 0 rings (SSSR count). The fourth-order valence-electron chi connectivity index (χ4n) is 0.760. The third-order valence-electron chi connectivity index (χ3n) is 1.44. The van der Waals surface area contributed by atoms with Gasteiger partial charge in [0.25, 0.3) is 0 Å². The molecule has 0 saturated heterocycles. The van der Waals surface area contributed by atoms with Gasteiger partial charge in [0, 0.05) is 0 Å². The highest BCUT2D eigenvalue weighted by Crippen LogP contribution is 2.07. The van der Waals surface area contributed by atoms with E-state index in [2.05, 4.69) is 4.99 Å². The van der Waals surface area contributed by atoms with Gasteiger partial charge in [-0.1, -0.05) is 6.92 Å². The summed E-state index contributed by atoms with van der Waals surface area (Å²) in [4.78, 5) is 4.02. The van der Waals surface area contributed by atoms with Gasteiger partial charge >= 0.3 is 0 Å². The van der Waals surface area contributed by atoms with Crippen LogP contribution in [0.2, 0.25) is 0 Å². The molecule has 0 bridgehead atoms. The van der Waals surface area contributed by atoms with Crippen LogP contribution in [-0.2, 0) is 0 Å². The van der Waals surface area contributed by atoms with E-state index in [1.165, 1.54) is 6.34 Å². The van der Waals surface area contributed by atoms with Crippen molar-refractivity contribution >= 4 is 6.34 Å². The summed E-state index contributed by atoms with van der Waals surface area (Å²) in [6.45, 7) is 3.99. The monoisotopic (exact) mass is 141 g/mol. The van der Waals surface area contributed by atoms with E-state index in [0.29, 0.717) is 0 Å². The van der Waals surface area contributed by atoms with Gasteiger partial charge in [0.2, 0.25) is 0 Å². The Morgan fingerprint density at radius 2 is 2.20 bits per heavy atom. The van der Waals surface area contributed by atoms with Crippen molar-refractivity contribution in [2.75, 3.05) is 0 Å². The molecule has 1 atom stereocenters. The van der Waals surface area contributed by atoms with Crippen molar-refractivity contribution in [3.05, 3.63) is 11.8 Å². The molecule has 0 spiro atoms. The Kier molecular flexibility index (Phi) is 4.37. The highest BCUT2D eigenvalue weighted by molar-refractivity contribution is 5.52. The number of rotatable bonds is 3. The van der Waals surface area contributed by atoms with Gasteiger partial charge in [0.15, 0.2) is 0 Å². The molecule has 0 aromatic rings. The molecular formula is C7H15N3. The van der Waals surface area contributed by atoms with Gasteiger partial charge in [-0.3, -0.25) is 4.99 Å². The van der Waals surface area contributed by atoms with Crippen LogP contribution in [0.4, 0.5) is 0 Å². The van der Waals surface area contributed by atoms with Crippen molar-refractivity contribution < 1.29 is 0 Å². The zero-order chi connectivity index (χ0) is 7.98. The Balaban J connectivity index is 4.06. The Bertz CT molecular complexity index is 138. The first-order valence-corrected chi connectivity index (χ1v) is 3.38. The van der Waals surface area contributed by atoms with Crippen molar-refractivity contribution in [3.63, 3.8) is 0 Å². The van der Waals surface area contributed by atoms with Crippen molar-refractivity contribution in [2.45, 2.75) is 26.3 Å². The van der Waals surface area contributed by atoms with Gasteiger partial charge in [-0.15, -0.1) is 0 Å². The van der Waals surface area contributed by atoms with Crippen molar-refractivity contribution in [2.24, 2.45) is 16.5 Å². The fourth-order valence-corrected chi connectivity index (χ4v) is 0.760. The predicted molar refractivity (Wildman–Crippen MR) is 44.7 cm³/mol. The van der Waals surface area contributed by atoms with Crippen LogP contribution in [0, 0.1) is 0 Å². The maximum atomic E-state index is 5.30. The number of aliphatic imine (C=N–C) groups is 1. The molecular weight excluding hydrogens is 126 g/mol. The minimum Gasteiger partial charge on any atom is -0.405 e. The first kappa shape index (κ1) is 9.01. The molecule has 10 heavy (non-hydrogen) atoms. The summed E-state index contributed by atoms with van der Waals surface area (Å²) in [6.07, 6.45) is 3.83. The van der Waals surface area contributed by atoms with Gasteiger partial charge in [0.05, 0.1) is 12.4 Å². The summed E-state index contributed by atoms with van der Waals surface area (Å²) in [6, 6.07) is 0.162. The van der Waals surface area contributed by atoms with Gasteiger partial charge in [-0.05, 0) is 25.1 Å². The van der Waals surface area contributed by atoms with Crippen LogP contribution in [0.25, 0.3) is 0 Å². The number of nitrogens with zero attached hydrogens (tertiary/aromatic N) is 1. The highest BCUT2D eigenvalue weighted by Gasteiger charge is 2.02. The molecule has 0 saturated carbocycles. The molecule has 58 valence electrons. The molecule has 0 amide bonds. The minimum absolute atomic E-state index is 0.162. The molecule has 0 aromatic carbocycles. The average Bonchev–Trinajstić information content (AvgIpc) is 1.99. The summed E-state index contributed by atoms with van der Waals surface area (Å²) in [5.41, 5.74) is 11.5. The summed E-state index contributed by atoms with van der Waals surface area (Å²) >= 11 is 0. The lowest BCUT2D eigenvalue weighted by molar-refractivity contribution is 0.742. The first-order valence-electron chi connectivity index (χ1n) is 3.38. The smallest absolute Gasteiger partial charge is 0.0805 e. The summed E-state index contributed by atoms with van der Waals surface area (Å²) in [5, 5.41) is 0. The SMILES string of the molecule is CCC(N=CN)/C(C)=C/N. The Labute approximate surface area is 61.8 Å². The van der Waals surface area contributed by atoms with E-state index < -0.39 is 0 Å². The lowest BCUT2D eigenvalue weighted by Gasteiger charge is -2.07. The third kappa shape index (κ3) is 2.53. The molecule has 0 radical (unpaired) electrons. The van der Waals surface area contributed by atoms with Crippen LogP contribution in [0.3, 0.4) is 0 Å². The summed E-state index contributed by atoms with van der Waals surface area (Å²) in [5.74, 6) is 0. The first-order chi connectivity index (χ1) is 4.76. The average molecular weight is 141 g/mol. The normalized spacial score (nSPS) is 16.0. The lowest BCUT2D eigenvalue weighted by atomic mass is 10.1. The number of hydrogen-bond donors (Lipinski definition) is 2. The fraction of sp³-hybridized carbons (Fsp3) is 0.571. The molecule has 0 aliphatic heterocycles. The Morgan fingerprint density at radius 1 is 1.60 bits per heavy atom. The van der Waals surface area contributed by atoms with Crippen molar-refractivity contribution in [1.82, 2.24) is 0 Å². The number of hydrogen-bond acceptors (Lipinski definition) is 2. The van der Waals surface area contributed by atoms with Gasteiger partial charge in [-0.25, -0.2) is 0 Å². The van der Waals surface area contributed by atoms with E-state index in [9.17, 15) is 0 Å². The number of nitrogens with two attached hydrogens (primary N) is 2. The second-order valence-corrected chi connectivity index (χ2v) is 2.13. The Hall–Kier alpha value is -0.990. The Morgan fingerprint density at radius 3 is 2.50 bits per heavy atom. The molecule has 0 aromatic heterocycles. The second kappa shape index (κ2) is 4.85. The van der Waals surface area contributed by atoms with E-state index in [1.807, 2.05) is 13.8 Å². The molecule has 0 aliphatic rings. The largest absolute Gasteiger partial charge is 0.405 e. The molecule has 1 unspecified atom stereocenters.